The van der Waals surface area contributed by atoms with Gasteiger partial charge in [0.15, 0.2) is 10.8 Å². The molecule has 1 N–H and O–H groups in total. The lowest BCUT2D eigenvalue weighted by Gasteiger charge is -2.12. The molecule has 0 saturated heterocycles. The van der Waals surface area contributed by atoms with Crippen molar-refractivity contribution in [1.29, 1.82) is 0 Å². The molecule has 0 aliphatic rings. The highest BCUT2D eigenvalue weighted by molar-refractivity contribution is 7.92. The zero-order chi connectivity index (χ0) is 18.7. The Kier molecular flexibility index (Phi) is 5.10. The number of pyridine rings is 1. The van der Waals surface area contributed by atoms with Gasteiger partial charge in [0.1, 0.15) is 18.8 Å². The number of ether oxygens (including phenoxy) is 1. The molecule has 2 heterocycles. The fourth-order valence-electron chi connectivity index (χ4n) is 2.23. The Hall–Kier alpha value is -2.65. The first-order valence-electron chi connectivity index (χ1n) is 7.34. The third-order valence-corrected chi connectivity index (χ3v) is 5.12. The Balaban J connectivity index is 1.96. The monoisotopic (exact) mass is 396 g/mol. The molecule has 0 aliphatic carbocycles. The molecule has 0 spiro atoms. The minimum absolute atomic E-state index is 0.110. The minimum Gasteiger partial charge on any atom is -0.497 e. The third-order valence-electron chi connectivity index (χ3n) is 3.48. The van der Waals surface area contributed by atoms with Gasteiger partial charge < -0.3 is 4.74 Å². The van der Waals surface area contributed by atoms with E-state index in [1.807, 2.05) is 0 Å². The van der Waals surface area contributed by atoms with Crippen LogP contribution in [0.4, 0.5) is 10.1 Å². The molecule has 7 nitrogen and oxygen atoms in total. The number of methoxy groups -OCH3 is 1. The molecule has 0 atom stereocenters. The zero-order valence-electron chi connectivity index (χ0n) is 13.6. The smallest absolute Gasteiger partial charge is 0.279 e. The highest BCUT2D eigenvalue weighted by Crippen LogP contribution is 2.25. The van der Waals surface area contributed by atoms with E-state index in [0.29, 0.717) is 17.0 Å². The third kappa shape index (κ3) is 3.63. The number of nitrogens with zero attached hydrogens (tertiary/aromatic N) is 3. The highest BCUT2D eigenvalue weighted by Gasteiger charge is 2.22. The van der Waals surface area contributed by atoms with Crippen LogP contribution in [0.15, 0.2) is 54.1 Å². The fraction of sp³-hybridized carbons (Fsp3) is 0.125. The molecule has 3 rings (SSSR count). The van der Waals surface area contributed by atoms with Crippen molar-refractivity contribution in [3.8, 4) is 11.6 Å². The van der Waals surface area contributed by atoms with Gasteiger partial charge in [-0.05, 0) is 30.3 Å². The number of anilines is 1. The van der Waals surface area contributed by atoms with Crippen LogP contribution >= 0.6 is 11.6 Å². The van der Waals surface area contributed by atoms with Crippen LogP contribution in [0.1, 0.15) is 5.56 Å². The first-order valence-corrected chi connectivity index (χ1v) is 9.20. The van der Waals surface area contributed by atoms with Crippen LogP contribution in [0.2, 0.25) is 5.02 Å². The lowest BCUT2D eigenvalue weighted by atomic mass is 10.3. The van der Waals surface area contributed by atoms with E-state index < -0.39 is 16.7 Å². The summed E-state index contributed by atoms with van der Waals surface area (Å²) in [6.45, 7) is -0.721. The molecule has 3 aromatic rings. The molecule has 0 saturated carbocycles. The molecule has 0 aliphatic heterocycles. The molecule has 0 fully saturated rings. The first-order chi connectivity index (χ1) is 12.4. The second kappa shape index (κ2) is 7.30. The molecule has 1 aromatic carbocycles. The van der Waals surface area contributed by atoms with Gasteiger partial charge in [0.2, 0.25) is 0 Å². The topological polar surface area (TPSA) is 86.1 Å². The lowest BCUT2D eigenvalue weighted by Crippen LogP contribution is -2.17. The summed E-state index contributed by atoms with van der Waals surface area (Å²) in [5.74, 6) is 0.735. The van der Waals surface area contributed by atoms with Crippen LogP contribution in [0.3, 0.4) is 0 Å². The summed E-state index contributed by atoms with van der Waals surface area (Å²) in [6.07, 6.45) is 3.73. The zero-order valence-corrected chi connectivity index (χ0v) is 15.1. The predicted octanol–water partition coefficient (Wildman–Crippen LogP) is 3.20. The van der Waals surface area contributed by atoms with Gasteiger partial charge in [0.25, 0.3) is 10.0 Å². The highest BCUT2D eigenvalue weighted by atomic mass is 35.5. The van der Waals surface area contributed by atoms with Crippen LogP contribution < -0.4 is 9.46 Å². The summed E-state index contributed by atoms with van der Waals surface area (Å²) in [5, 5.41) is -0.0465. The van der Waals surface area contributed by atoms with E-state index in [0.717, 1.165) is 0 Å². The summed E-state index contributed by atoms with van der Waals surface area (Å²) in [4.78, 5) is 7.91. The van der Waals surface area contributed by atoms with Crippen LogP contribution in [0, 0.1) is 0 Å². The van der Waals surface area contributed by atoms with Crippen LogP contribution in [-0.2, 0) is 16.7 Å². The van der Waals surface area contributed by atoms with Crippen LogP contribution in [-0.4, -0.2) is 30.1 Å². The molecule has 136 valence electrons. The van der Waals surface area contributed by atoms with Gasteiger partial charge >= 0.3 is 0 Å². The average Bonchev–Trinajstić information content (AvgIpc) is 3.12. The van der Waals surface area contributed by atoms with Crippen molar-refractivity contribution in [1.82, 2.24) is 14.5 Å². The number of aromatic nitrogens is 3. The molecule has 10 heteroatoms. The van der Waals surface area contributed by atoms with Crippen molar-refractivity contribution < 1.29 is 17.5 Å². The van der Waals surface area contributed by atoms with Gasteiger partial charge in [-0.2, -0.15) is 8.42 Å². The van der Waals surface area contributed by atoms with Crippen molar-refractivity contribution >= 4 is 27.3 Å². The lowest BCUT2D eigenvalue weighted by molar-refractivity contribution is 0.415. The summed E-state index contributed by atoms with van der Waals surface area (Å²) in [6, 6.07) is 7.78. The summed E-state index contributed by atoms with van der Waals surface area (Å²) in [7, 11) is -2.45. The van der Waals surface area contributed by atoms with Gasteiger partial charge in [0.05, 0.1) is 18.3 Å². The Morgan fingerprint density at radius 1 is 1.27 bits per heavy atom. The molecule has 0 unspecified atom stereocenters. The van der Waals surface area contributed by atoms with Gasteiger partial charge in [-0.15, -0.1) is 0 Å². The predicted molar refractivity (Wildman–Crippen MR) is 95.0 cm³/mol. The van der Waals surface area contributed by atoms with Crippen molar-refractivity contribution in [3.05, 3.63) is 59.6 Å². The minimum atomic E-state index is -3.96. The van der Waals surface area contributed by atoms with E-state index in [9.17, 15) is 12.8 Å². The quantitative estimate of drug-likeness (QED) is 0.691. The van der Waals surface area contributed by atoms with E-state index in [4.69, 9.17) is 16.3 Å². The van der Waals surface area contributed by atoms with Crippen molar-refractivity contribution in [3.63, 3.8) is 0 Å². The fourth-order valence-corrected chi connectivity index (χ4v) is 3.65. The first kappa shape index (κ1) is 18.2. The number of benzene rings is 1. The number of hydrogen-bond donors (Lipinski definition) is 1. The maximum Gasteiger partial charge on any atom is 0.279 e. The standard InChI is InChI=1S/C16H14ClFN4O3S/c1-25-13-4-2-12(3-5-13)21-26(23,24)15-9-19-10-22(15)16-14(17)6-11(7-18)8-20-16/h2-6,8-10,21H,7H2,1H3. The number of hydrogen-bond acceptors (Lipinski definition) is 5. The number of sulfonamides is 1. The molecular formula is C16H14ClFN4O3S. The number of halogens is 2. The van der Waals surface area contributed by atoms with Gasteiger partial charge in [-0.1, -0.05) is 11.6 Å². The van der Waals surface area contributed by atoms with Crippen molar-refractivity contribution in [2.75, 3.05) is 11.8 Å². The van der Waals surface area contributed by atoms with Gasteiger partial charge in [0, 0.05) is 17.4 Å². The average molecular weight is 397 g/mol. The molecule has 0 radical (unpaired) electrons. The normalized spacial score (nSPS) is 11.3. The SMILES string of the molecule is COc1ccc(NS(=O)(=O)c2cncn2-c2ncc(CF)cc2Cl)cc1. The molecule has 26 heavy (non-hydrogen) atoms. The number of nitrogens with one attached hydrogen (secondary N) is 1. The summed E-state index contributed by atoms with van der Waals surface area (Å²) < 4.78 is 46.8. The maximum absolute atomic E-state index is 12.7. The van der Waals surface area contributed by atoms with E-state index in [2.05, 4.69) is 14.7 Å². The van der Waals surface area contributed by atoms with Crippen LogP contribution in [0.25, 0.3) is 5.82 Å². The van der Waals surface area contributed by atoms with Crippen molar-refractivity contribution in [2.24, 2.45) is 0 Å². The Bertz CT molecular complexity index is 1020. The summed E-state index contributed by atoms with van der Waals surface area (Å²) in [5.41, 5.74) is 0.644. The van der Waals surface area contributed by atoms with E-state index >= 15 is 0 Å². The van der Waals surface area contributed by atoms with Crippen molar-refractivity contribution in [2.45, 2.75) is 11.7 Å². The maximum atomic E-state index is 12.7. The van der Waals surface area contributed by atoms with E-state index in [1.165, 1.54) is 36.5 Å². The Morgan fingerprint density at radius 3 is 2.62 bits per heavy atom. The van der Waals surface area contributed by atoms with E-state index in [1.54, 1.807) is 24.3 Å². The largest absolute Gasteiger partial charge is 0.497 e. The van der Waals surface area contributed by atoms with Gasteiger partial charge in [-0.3, -0.25) is 9.29 Å². The molecular weight excluding hydrogens is 383 g/mol. The second-order valence-corrected chi connectivity index (χ2v) is 7.25. The number of alkyl halides is 1. The second-order valence-electron chi connectivity index (χ2n) is 5.22. The van der Waals surface area contributed by atoms with Crippen LogP contribution in [0.5, 0.6) is 5.75 Å². The Labute approximate surface area is 154 Å². The van der Waals surface area contributed by atoms with E-state index in [-0.39, 0.29) is 15.9 Å². The Morgan fingerprint density at radius 2 is 2.00 bits per heavy atom. The molecule has 2 aromatic heterocycles. The molecule has 0 amide bonds. The number of rotatable bonds is 6. The molecule has 0 bridgehead atoms. The summed E-state index contributed by atoms with van der Waals surface area (Å²) >= 11 is 6.11. The number of imidazole rings is 1. The van der Waals surface area contributed by atoms with Gasteiger partial charge in [-0.25, -0.2) is 14.4 Å².